The highest BCUT2D eigenvalue weighted by Gasteiger charge is 2.54. The third-order valence-electron chi connectivity index (χ3n) is 3.18. The third-order valence-corrected chi connectivity index (χ3v) is 3.18. The van der Waals surface area contributed by atoms with E-state index in [1.807, 2.05) is 38.1 Å². The standard InChI is InChI=1S/C14H16O3/c1-10-14(2,17-10)13(15)9-8-11-6-4-5-7-12(11)16-3/h4-10H,1-3H3/b9-8+/t10-,14-/m1/s1. The zero-order valence-electron chi connectivity index (χ0n) is 10.3. The molecule has 1 saturated heterocycles. The molecule has 2 atom stereocenters. The Hall–Kier alpha value is -1.61. The monoisotopic (exact) mass is 232 g/mol. The predicted octanol–water partition coefficient (Wildman–Crippen LogP) is 2.45. The molecule has 0 radical (unpaired) electrons. The lowest BCUT2D eigenvalue weighted by molar-refractivity contribution is -0.118. The van der Waals surface area contributed by atoms with Crippen LogP contribution in [0.1, 0.15) is 19.4 Å². The van der Waals surface area contributed by atoms with Crippen LogP contribution in [0.5, 0.6) is 5.75 Å². The first-order chi connectivity index (χ1) is 8.08. The van der Waals surface area contributed by atoms with Gasteiger partial charge in [-0.15, -0.1) is 0 Å². The van der Waals surface area contributed by atoms with E-state index in [1.165, 1.54) is 0 Å². The van der Waals surface area contributed by atoms with Crippen LogP contribution in [0.15, 0.2) is 30.3 Å². The Bertz CT molecular complexity index is 464. The van der Waals surface area contributed by atoms with E-state index >= 15 is 0 Å². The molecule has 0 N–H and O–H groups in total. The van der Waals surface area contributed by atoms with E-state index < -0.39 is 5.60 Å². The SMILES string of the molecule is COc1ccccc1/C=C/C(=O)[C@]1(C)O[C@@H]1C. The third kappa shape index (κ3) is 2.24. The molecular formula is C14H16O3. The molecule has 1 aromatic rings. The fraction of sp³-hybridized carbons (Fsp3) is 0.357. The van der Waals surface area contributed by atoms with E-state index in [1.54, 1.807) is 19.3 Å². The lowest BCUT2D eigenvalue weighted by atomic mass is 10.0. The molecule has 0 unspecified atom stereocenters. The van der Waals surface area contributed by atoms with Crippen molar-refractivity contribution in [1.82, 2.24) is 0 Å². The number of methoxy groups -OCH3 is 1. The Labute approximate surface area is 101 Å². The van der Waals surface area contributed by atoms with E-state index in [-0.39, 0.29) is 11.9 Å². The average Bonchev–Trinajstić information content (AvgIpc) is 2.96. The zero-order chi connectivity index (χ0) is 12.5. The Morgan fingerprint density at radius 1 is 1.47 bits per heavy atom. The first kappa shape index (κ1) is 11.9. The predicted molar refractivity (Wildman–Crippen MR) is 66.0 cm³/mol. The minimum Gasteiger partial charge on any atom is -0.496 e. The van der Waals surface area contributed by atoms with Crippen LogP contribution >= 0.6 is 0 Å². The molecule has 0 bridgehead atoms. The lowest BCUT2D eigenvalue weighted by Gasteiger charge is -2.03. The van der Waals surface area contributed by atoms with Gasteiger partial charge in [-0.3, -0.25) is 4.79 Å². The summed E-state index contributed by atoms with van der Waals surface area (Å²) < 4.78 is 10.5. The van der Waals surface area contributed by atoms with E-state index in [0.717, 1.165) is 11.3 Å². The molecule has 1 aliphatic rings. The first-order valence-electron chi connectivity index (χ1n) is 5.61. The summed E-state index contributed by atoms with van der Waals surface area (Å²) in [5, 5.41) is 0. The molecule has 1 aromatic carbocycles. The van der Waals surface area contributed by atoms with Crippen molar-refractivity contribution in [2.45, 2.75) is 25.6 Å². The summed E-state index contributed by atoms with van der Waals surface area (Å²) in [6.45, 7) is 3.71. The van der Waals surface area contributed by atoms with Crippen LogP contribution in [0.4, 0.5) is 0 Å². The fourth-order valence-corrected chi connectivity index (χ4v) is 1.73. The van der Waals surface area contributed by atoms with Crippen molar-refractivity contribution in [3.05, 3.63) is 35.9 Å². The van der Waals surface area contributed by atoms with Crippen molar-refractivity contribution in [3.8, 4) is 5.75 Å². The highest BCUT2D eigenvalue weighted by Crippen LogP contribution is 2.36. The van der Waals surface area contributed by atoms with Crippen LogP contribution in [0.25, 0.3) is 6.08 Å². The van der Waals surface area contributed by atoms with E-state index in [0.29, 0.717) is 0 Å². The van der Waals surface area contributed by atoms with Crippen molar-refractivity contribution in [2.75, 3.05) is 7.11 Å². The number of hydrogen-bond acceptors (Lipinski definition) is 3. The second-order valence-corrected chi connectivity index (χ2v) is 4.31. The van der Waals surface area contributed by atoms with Gasteiger partial charge >= 0.3 is 0 Å². The number of rotatable bonds is 4. The second kappa shape index (κ2) is 4.34. The van der Waals surface area contributed by atoms with Crippen molar-refractivity contribution in [2.24, 2.45) is 0 Å². The summed E-state index contributed by atoms with van der Waals surface area (Å²) in [7, 11) is 1.61. The number of ketones is 1. The van der Waals surface area contributed by atoms with Gasteiger partial charge in [0.2, 0.25) is 0 Å². The van der Waals surface area contributed by atoms with Gasteiger partial charge in [0.1, 0.15) is 5.75 Å². The minimum absolute atomic E-state index is 0.00379. The molecular weight excluding hydrogens is 216 g/mol. The van der Waals surface area contributed by atoms with Crippen LogP contribution in [0.2, 0.25) is 0 Å². The van der Waals surface area contributed by atoms with Crippen LogP contribution in [-0.4, -0.2) is 24.6 Å². The van der Waals surface area contributed by atoms with Crippen molar-refractivity contribution >= 4 is 11.9 Å². The number of carbonyl (C=O) groups excluding carboxylic acids is 1. The Balaban J connectivity index is 2.13. The number of carbonyl (C=O) groups is 1. The molecule has 1 heterocycles. The van der Waals surface area contributed by atoms with Crippen LogP contribution < -0.4 is 4.74 Å². The first-order valence-corrected chi connectivity index (χ1v) is 5.61. The average molecular weight is 232 g/mol. The fourth-order valence-electron chi connectivity index (χ4n) is 1.73. The Morgan fingerprint density at radius 3 is 2.71 bits per heavy atom. The van der Waals surface area contributed by atoms with Gasteiger partial charge in [0.05, 0.1) is 13.2 Å². The molecule has 2 rings (SSSR count). The van der Waals surface area contributed by atoms with Gasteiger partial charge in [-0.2, -0.15) is 0 Å². The molecule has 0 saturated carbocycles. The van der Waals surface area contributed by atoms with Gasteiger partial charge < -0.3 is 9.47 Å². The maximum absolute atomic E-state index is 11.9. The summed E-state index contributed by atoms with van der Waals surface area (Å²) in [6.07, 6.45) is 3.33. The van der Waals surface area contributed by atoms with Crippen molar-refractivity contribution in [3.63, 3.8) is 0 Å². The van der Waals surface area contributed by atoms with Gasteiger partial charge in [0.25, 0.3) is 0 Å². The van der Waals surface area contributed by atoms with E-state index in [2.05, 4.69) is 0 Å². The Morgan fingerprint density at radius 2 is 2.12 bits per heavy atom. The minimum atomic E-state index is -0.626. The Kier molecular flexibility index (Phi) is 3.03. The summed E-state index contributed by atoms with van der Waals surface area (Å²) in [5.74, 6) is 0.752. The van der Waals surface area contributed by atoms with Crippen molar-refractivity contribution in [1.29, 1.82) is 0 Å². The normalized spacial score (nSPS) is 27.1. The summed E-state index contributed by atoms with van der Waals surface area (Å²) in [6, 6.07) is 7.57. The molecule has 3 heteroatoms. The number of hydrogen-bond donors (Lipinski definition) is 0. The van der Waals surface area contributed by atoms with Gasteiger partial charge in [0.15, 0.2) is 11.4 Å². The van der Waals surface area contributed by atoms with Crippen molar-refractivity contribution < 1.29 is 14.3 Å². The van der Waals surface area contributed by atoms with E-state index in [9.17, 15) is 4.79 Å². The van der Waals surface area contributed by atoms with Gasteiger partial charge in [-0.05, 0) is 32.1 Å². The molecule has 90 valence electrons. The number of epoxide rings is 1. The van der Waals surface area contributed by atoms with Gasteiger partial charge in [0, 0.05) is 5.56 Å². The summed E-state index contributed by atoms with van der Waals surface area (Å²) >= 11 is 0. The number of benzene rings is 1. The summed E-state index contributed by atoms with van der Waals surface area (Å²) in [5.41, 5.74) is 0.263. The van der Waals surface area contributed by atoms with Gasteiger partial charge in [-0.25, -0.2) is 0 Å². The molecule has 1 fully saturated rings. The molecule has 1 aliphatic heterocycles. The highest BCUT2D eigenvalue weighted by molar-refractivity contribution is 6.02. The van der Waals surface area contributed by atoms with Crippen LogP contribution in [0, 0.1) is 0 Å². The largest absolute Gasteiger partial charge is 0.496 e. The molecule has 0 aliphatic carbocycles. The topological polar surface area (TPSA) is 38.8 Å². The molecule has 3 nitrogen and oxygen atoms in total. The molecule has 0 aromatic heterocycles. The quantitative estimate of drug-likeness (QED) is 0.591. The molecule has 0 amide bonds. The maximum atomic E-state index is 11.9. The number of para-hydroxylation sites is 1. The lowest BCUT2D eigenvalue weighted by Crippen LogP contribution is -2.20. The van der Waals surface area contributed by atoms with Crippen LogP contribution in [0.3, 0.4) is 0 Å². The molecule has 0 spiro atoms. The molecule has 17 heavy (non-hydrogen) atoms. The highest BCUT2D eigenvalue weighted by atomic mass is 16.6. The van der Waals surface area contributed by atoms with Gasteiger partial charge in [-0.1, -0.05) is 18.2 Å². The maximum Gasteiger partial charge on any atom is 0.189 e. The number of ether oxygens (including phenoxy) is 2. The zero-order valence-corrected chi connectivity index (χ0v) is 10.3. The second-order valence-electron chi connectivity index (χ2n) is 4.31. The van der Waals surface area contributed by atoms with Crippen LogP contribution in [-0.2, 0) is 9.53 Å². The van der Waals surface area contributed by atoms with E-state index in [4.69, 9.17) is 9.47 Å². The summed E-state index contributed by atoms with van der Waals surface area (Å²) in [4.78, 5) is 11.9. The smallest absolute Gasteiger partial charge is 0.189 e.